The van der Waals surface area contributed by atoms with Gasteiger partial charge >= 0.3 is 7.12 Å². The van der Waals surface area contributed by atoms with Crippen LogP contribution in [0.25, 0.3) is 11.0 Å². The molecule has 1 aromatic carbocycles. The fraction of sp³-hybridized carbons (Fsp3) is 0.500. The molecule has 3 rings (SSSR count). The highest BCUT2D eigenvalue weighted by molar-refractivity contribution is 6.63. The molecular formula is C16H20BClO3. The van der Waals surface area contributed by atoms with Crippen LogP contribution in [0, 0.1) is 0 Å². The summed E-state index contributed by atoms with van der Waals surface area (Å²) in [6.45, 7) is 10.2. The highest BCUT2D eigenvalue weighted by atomic mass is 35.5. The van der Waals surface area contributed by atoms with E-state index in [1.165, 1.54) is 0 Å². The van der Waals surface area contributed by atoms with Crippen molar-refractivity contribution in [3.63, 3.8) is 0 Å². The normalized spacial score (nSPS) is 20.4. The summed E-state index contributed by atoms with van der Waals surface area (Å²) >= 11 is 6.35. The lowest BCUT2D eigenvalue weighted by molar-refractivity contribution is 0.00578. The van der Waals surface area contributed by atoms with Crippen molar-refractivity contribution in [2.75, 3.05) is 0 Å². The van der Waals surface area contributed by atoms with E-state index >= 15 is 0 Å². The van der Waals surface area contributed by atoms with E-state index in [9.17, 15) is 0 Å². The third kappa shape index (κ3) is 2.39. The second-order valence-corrected chi connectivity index (χ2v) is 6.98. The molecular weight excluding hydrogens is 286 g/mol. The Balaban J connectivity index is 2.02. The van der Waals surface area contributed by atoms with E-state index in [4.69, 9.17) is 25.3 Å². The minimum absolute atomic E-state index is 0.357. The highest BCUT2D eigenvalue weighted by Gasteiger charge is 2.51. The molecule has 0 atom stereocenters. The summed E-state index contributed by atoms with van der Waals surface area (Å²) in [4.78, 5) is 0. The molecule has 21 heavy (non-hydrogen) atoms. The molecule has 5 heteroatoms. The van der Waals surface area contributed by atoms with E-state index in [1.807, 2.05) is 45.9 Å². The fourth-order valence-electron chi connectivity index (χ4n) is 2.47. The van der Waals surface area contributed by atoms with Crippen molar-refractivity contribution in [3.8, 4) is 0 Å². The van der Waals surface area contributed by atoms with E-state index in [-0.39, 0.29) is 11.2 Å². The Hall–Kier alpha value is -0.965. The van der Waals surface area contributed by atoms with E-state index in [1.54, 1.807) is 0 Å². The van der Waals surface area contributed by atoms with E-state index < -0.39 is 7.12 Å². The maximum Gasteiger partial charge on any atom is 0.494 e. The topological polar surface area (TPSA) is 31.6 Å². The molecule has 0 spiro atoms. The molecule has 1 fully saturated rings. The smallest absolute Gasteiger partial charge is 0.460 e. The minimum Gasteiger partial charge on any atom is -0.460 e. The summed E-state index contributed by atoms with van der Waals surface area (Å²) < 4.78 is 17.9. The van der Waals surface area contributed by atoms with Gasteiger partial charge in [0, 0.05) is 11.8 Å². The Kier molecular flexibility index (Phi) is 3.39. The molecule has 0 aliphatic carbocycles. The number of furan rings is 1. The quantitative estimate of drug-likeness (QED) is 0.787. The van der Waals surface area contributed by atoms with Crippen molar-refractivity contribution in [2.24, 2.45) is 0 Å². The molecule has 0 saturated carbocycles. The van der Waals surface area contributed by atoms with Crippen LogP contribution in [0.2, 0.25) is 5.02 Å². The predicted molar refractivity (Wildman–Crippen MR) is 86.3 cm³/mol. The lowest BCUT2D eigenvalue weighted by atomic mass is 9.78. The van der Waals surface area contributed by atoms with Crippen molar-refractivity contribution in [1.29, 1.82) is 0 Å². The molecule has 2 heterocycles. The van der Waals surface area contributed by atoms with E-state index in [0.29, 0.717) is 5.02 Å². The molecule has 0 N–H and O–H groups in total. The Bertz CT molecular complexity index is 674. The van der Waals surface area contributed by atoms with Gasteiger partial charge in [-0.1, -0.05) is 24.6 Å². The molecule has 0 radical (unpaired) electrons. The zero-order valence-electron chi connectivity index (χ0n) is 13.1. The first kappa shape index (κ1) is 15.0. The summed E-state index contributed by atoms with van der Waals surface area (Å²) in [5, 5.41) is 1.58. The van der Waals surface area contributed by atoms with E-state index in [2.05, 4.69) is 6.92 Å². The summed E-state index contributed by atoms with van der Waals surface area (Å²) in [5.74, 6) is 0.929. The molecule has 1 aliphatic rings. The van der Waals surface area contributed by atoms with Crippen LogP contribution in [0.3, 0.4) is 0 Å². The standard InChI is InChI=1S/C16H20BClO3/c1-6-12-8-10-7-11(9-13(18)14(10)19-12)17-20-15(2,3)16(4,5)21-17/h7-9H,6H2,1-5H3. The Morgan fingerprint density at radius 3 is 2.24 bits per heavy atom. The predicted octanol–water partition coefficient (Wildman–Crippen LogP) is 3.95. The van der Waals surface area contributed by atoms with Gasteiger partial charge in [-0.05, 0) is 45.3 Å². The second-order valence-electron chi connectivity index (χ2n) is 6.58. The van der Waals surface area contributed by atoms with Crippen LogP contribution in [-0.4, -0.2) is 18.3 Å². The minimum atomic E-state index is -0.406. The zero-order valence-corrected chi connectivity index (χ0v) is 13.9. The maximum atomic E-state index is 6.35. The first-order chi connectivity index (χ1) is 9.73. The van der Waals surface area contributed by atoms with Gasteiger partial charge in [-0.25, -0.2) is 0 Å². The highest BCUT2D eigenvalue weighted by Crippen LogP contribution is 2.37. The molecule has 0 amide bonds. The number of fused-ring (bicyclic) bond motifs is 1. The molecule has 2 aromatic rings. The monoisotopic (exact) mass is 306 g/mol. The molecule has 1 saturated heterocycles. The lowest BCUT2D eigenvalue weighted by Crippen LogP contribution is -2.41. The van der Waals surface area contributed by atoms with Gasteiger partial charge in [0.15, 0.2) is 5.58 Å². The van der Waals surface area contributed by atoms with Crippen LogP contribution in [0.1, 0.15) is 40.4 Å². The van der Waals surface area contributed by atoms with Gasteiger partial charge in [-0.2, -0.15) is 0 Å². The molecule has 0 unspecified atom stereocenters. The molecule has 1 aromatic heterocycles. The summed E-state index contributed by atoms with van der Waals surface area (Å²) in [5.41, 5.74) is 0.942. The van der Waals surface area contributed by atoms with Gasteiger partial charge in [0.05, 0.1) is 16.2 Å². The number of aryl methyl sites for hydroxylation is 1. The van der Waals surface area contributed by atoms with Gasteiger partial charge < -0.3 is 13.7 Å². The average molecular weight is 307 g/mol. The molecule has 3 nitrogen and oxygen atoms in total. The van der Waals surface area contributed by atoms with Crippen LogP contribution in [0.15, 0.2) is 22.6 Å². The van der Waals surface area contributed by atoms with Gasteiger partial charge in [-0.3, -0.25) is 0 Å². The van der Waals surface area contributed by atoms with Crippen molar-refractivity contribution < 1.29 is 13.7 Å². The van der Waals surface area contributed by atoms with Gasteiger partial charge in [0.2, 0.25) is 0 Å². The average Bonchev–Trinajstić information content (AvgIpc) is 2.89. The summed E-state index contributed by atoms with van der Waals surface area (Å²) in [6, 6.07) is 5.93. The Morgan fingerprint density at radius 2 is 1.67 bits per heavy atom. The molecule has 112 valence electrons. The third-order valence-corrected chi connectivity index (χ3v) is 4.80. The Morgan fingerprint density at radius 1 is 1.05 bits per heavy atom. The van der Waals surface area contributed by atoms with Crippen LogP contribution in [-0.2, 0) is 15.7 Å². The van der Waals surface area contributed by atoms with Crippen molar-refractivity contribution >= 4 is 35.2 Å². The Labute approximate surface area is 130 Å². The number of rotatable bonds is 2. The molecule has 1 aliphatic heterocycles. The summed E-state index contributed by atoms with van der Waals surface area (Å²) in [7, 11) is -0.406. The van der Waals surface area contributed by atoms with Crippen molar-refractivity contribution in [1.82, 2.24) is 0 Å². The van der Waals surface area contributed by atoms with Gasteiger partial charge in [0.25, 0.3) is 0 Å². The number of hydrogen-bond acceptors (Lipinski definition) is 3. The number of benzene rings is 1. The van der Waals surface area contributed by atoms with Crippen molar-refractivity contribution in [3.05, 3.63) is 29.0 Å². The van der Waals surface area contributed by atoms with Gasteiger partial charge in [0.1, 0.15) is 5.76 Å². The lowest BCUT2D eigenvalue weighted by Gasteiger charge is -2.32. The zero-order chi connectivity index (χ0) is 15.4. The molecule has 0 bridgehead atoms. The third-order valence-electron chi connectivity index (χ3n) is 4.52. The van der Waals surface area contributed by atoms with Gasteiger partial charge in [-0.15, -0.1) is 0 Å². The van der Waals surface area contributed by atoms with E-state index in [0.717, 1.165) is 28.6 Å². The second kappa shape index (κ2) is 4.77. The van der Waals surface area contributed by atoms with Crippen molar-refractivity contribution in [2.45, 2.75) is 52.2 Å². The first-order valence-corrected chi connectivity index (χ1v) is 7.69. The van der Waals surface area contributed by atoms with Crippen LogP contribution in [0.5, 0.6) is 0 Å². The largest absolute Gasteiger partial charge is 0.494 e. The number of hydrogen-bond donors (Lipinski definition) is 0. The summed E-state index contributed by atoms with van der Waals surface area (Å²) in [6.07, 6.45) is 0.844. The number of halogens is 1. The first-order valence-electron chi connectivity index (χ1n) is 7.31. The van der Waals surface area contributed by atoms with Crippen LogP contribution in [0.4, 0.5) is 0 Å². The fourth-order valence-corrected chi connectivity index (χ4v) is 2.75. The van der Waals surface area contributed by atoms with Crippen LogP contribution < -0.4 is 5.46 Å². The SMILES string of the molecule is CCc1cc2cc(B3OC(C)(C)C(C)(C)O3)cc(Cl)c2o1. The van der Waals surface area contributed by atoms with Crippen LogP contribution >= 0.6 is 11.6 Å². The maximum absolute atomic E-state index is 6.35.